The minimum atomic E-state index is -0.289. The summed E-state index contributed by atoms with van der Waals surface area (Å²) in [6.07, 6.45) is 2.06. The fourth-order valence-corrected chi connectivity index (χ4v) is 4.95. The zero-order valence-corrected chi connectivity index (χ0v) is 20.0. The molecule has 0 atom stereocenters. The number of furan rings is 1. The molecule has 0 aliphatic heterocycles. The van der Waals surface area contributed by atoms with Gasteiger partial charge in [0, 0.05) is 22.9 Å². The molecule has 0 amide bonds. The standard InChI is InChI=1S/C32H25FNO/c1-20-17-18-34(3)28(19-20)29-21(2)9-14-25-26-15-16-27(33)30(32(26)35-31(25)29)24-12-10-23(11-13-24)22-7-5-4-6-8-22/h4-19H,1-3H3/q+1. The van der Waals surface area contributed by atoms with Gasteiger partial charge in [0.15, 0.2) is 6.20 Å². The summed E-state index contributed by atoms with van der Waals surface area (Å²) < 4.78 is 24.0. The van der Waals surface area contributed by atoms with Crippen LogP contribution >= 0.6 is 0 Å². The van der Waals surface area contributed by atoms with Crippen LogP contribution in [0.4, 0.5) is 4.39 Å². The second-order valence-electron chi connectivity index (χ2n) is 9.18. The molecule has 6 aromatic rings. The van der Waals surface area contributed by atoms with Gasteiger partial charge >= 0.3 is 0 Å². The first-order valence-electron chi connectivity index (χ1n) is 11.8. The Bertz CT molecular complexity index is 1710. The first-order chi connectivity index (χ1) is 17.0. The summed E-state index contributed by atoms with van der Waals surface area (Å²) in [5.41, 5.74) is 9.29. The molecule has 0 N–H and O–H groups in total. The molecule has 6 rings (SSSR count). The minimum absolute atomic E-state index is 0.289. The Hall–Kier alpha value is -4.24. The van der Waals surface area contributed by atoms with E-state index in [4.69, 9.17) is 4.42 Å². The second-order valence-corrected chi connectivity index (χ2v) is 9.18. The van der Waals surface area contributed by atoms with Gasteiger partial charge in [-0.3, -0.25) is 0 Å². The number of hydrogen-bond acceptors (Lipinski definition) is 1. The molecular weight excluding hydrogens is 433 g/mol. The molecule has 0 unspecified atom stereocenters. The van der Waals surface area contributed by atoms with Crippen LogP contribution in [-0.4, -0.2) is 0 Å². The molecule has 35 heavy (non-hydrogen) atoms. The van der Waals surface area contributed by atoms with Crippen molar-refractivity contribution in [2.45, 2.75) is 13.8 Å². The van der Waals surface area contributed by atoms with Crippen molar-refractivity contribution < 1.29 is 13.4 Å². The van der Waals surface area contributed by atoms with Crippen molar-refractivity contribution >= 4 is 21.9 Å². The molecule has 4 aromatic carbocycles. The summed E-state index contributed by atoms with van der Waals surface area (Å²) in [6, 6.07) is 30.0. The maximum Gasteiger partial charge on any atom is 0.216 e. The summed E-state index contributed by atoms with van der Waals surface area (Å²) in [4.78, 5) is 0. The molecule has 0 fully saturated rings. The zero-order chi connectivity index (χ0) is 24.1. The number of benzene rings is 4. The molecule has 2 aromatic heterocycles. The lowest BCUT2D eigenvalue weighted by molar-refractivity contribution is -0.660. The van der Waals surface area contributed by atoms with Crippen molar-refractivity contribution in [2.75, 3.05) is 0 Å². The number of aromatic nitrogens is 1. The van der Waals surface area contributed by atoms with Crippen molar-refractivity contribution in [2.24, 2.45) is 7.05 Å². The van der Waals surface area contributed by atoms with Gasteiger partial charge in [-0.1, -0.05) is 66.7 Å². The Labute approximate surface area is 203 Å². The van der Waals surface area contributed by atoms with E-state index in [-0.39, 0.29) is 5.82 Å². The van der Waals surface area contributed by atoms with Crippen LogP contribution in [0, 0.1) is 19.7 Å². The van der Waals surface area contributed by atoms with Crippen LogP contribution in [0.15, 0.2) is 102 Å². The molecule has 0 bridgehead atoms. The molecular formula is C32H25FNO+. The Morgan fingerprint density at radius 1 is 0.657 bits per heavy atom. The van der Waals surface area contributed by atoms with Crippen LogP contribution < -0.4 is 4.57 Å². The number of halogens is 1. The van der Waals surface area contributed by atoms with E-state index in [2.05, 4.69) is 61.0 Å². The molecule has 0 saturated heterocycles. The van der Waals surface area contributed by atoms with Crippen molar-refractivity contribution in [1.82, 2.24) is 0 Å². The number of hydrogen-bond donors (Lipinski definition) is 0. The number of fused-ring (bicyclic) bond motifs is 3. The average Bonchev–Trinajstić information content (AvgIpc) is 3.24. The summed E-state index contributed by atoms with van der Waals surface area (Å²) in [7, 11) is 2.04. The normalized spacial score (nSPS) is 11.4. The van der Waals surface area contributed by atoms with Gasteiger partial charge in [-0.25, -0.2) is 8.96 Å². The van der Waals surface area contributed by atoms with Gasteiger partial charge in [0.05, 0.1) is 11.1 Å². The number of rotatable bonds is 3. The highest BCUT2D eigenvalue weighted by atomic mass is 19.1. The van der Waals surface area contributed by atoms with E-state index >= 15 is 4.39 Å². The van der Waals surface area contributed by atoms with E-state index < -0.39 is 0 Å². The quantitative estimate of drug-likeness (QED) is 0.244. The summed E-state index contributed by atoms with van der Waals surface area (Å²) in [6.45, 7) is 4.18. The van der Waals surface area contributed by atoms with Crippen LogP contribution in [0.5, 0.6) is 0 Å². The third-order valence-electron chi connectivity index (χ3n) is 6.81. The van der Waals surface area contributed by atoms with Crippen LogP contribution in [0.3, 0.4) is 0 Å². The Kier molecular flexibility index (Phi) is 5.00. The van der Waals surface area contributed by atoms with Gasteiger partial charge in [-0.15, -0.1) is 0 Å². The number of pyridine rings is 1. The third-order valence-corrected chi connectivity index (χ3v) is 6.81. The Morgan fingerprint density at radius 2 is 1.29 bits per heavy atom. The van der Waals surface area contributed by atoms with Gasteiger partial charge in [0.1, 0.15) is 24.0 Å². The molecule has 0 aliphatic rings. The molecule has 170 valence electrons. The lowest BCUT2D eigenvalue weighted by atomic mass is 9.97. The number of aryl methyl sites for hydroxylation is 3. The highest BCUT2D eigenvalue weighted by Crippen LogP contribution is 2.41. The second kappa shape index (κ2) is 8.21. The predicted molar refractivity (Wildman–Crippen MR) is 141 cm³/mol. The predicted octanol–water partition coefficient (Wildman–Crippen LogP) is 8.17. The molecule has 0 spiro atoms. The van der Waals surface area contributed by atoms with Crippen molar-refractivity contribution in [3.05, 3.63) is 114 Å². The van der Waals surface area contributed by atoms with Crippen LogP contribution in [0.1, 0.15) is 11.1 Å². The molecule has 0 radical (unpaired) electrons. The third kappa shape index (κ3) is 3.52. The lowest BCUT2D eigenvalue weighted by Crippen LogP contribution is -2.30. The van der Waals surface area contributed by atoms with Gasteiger partial charge in [0.25, 0.3) is 0 Å². The van der Waals surface area contributed by atoms with Crippen LogP contribution in [-0.2, 0) is 7.05 Å². The molecule has 2 heterocycles. The van der Waals surface area contributed by atoms with Gasteiger partial charge in [-0.05, 0) is 53.8 Å². The van der Waals surface area contributed by atoms with E-state index in [0.29, 0.717) is 11.1 Å². The van der Waals surface area contributed by atoms with E-state index in [1.807, 2.05) is 55.6 Å². The molecule has 2 nitrogen and oxygen atoms in total. The van der Waals surface area contributed by atoms with Crippen molar-refractivity contribution in [1.29, 1.82) is 0 Å². The SMILES string of the molecule is Cc1cc[n+](C)c(-c2c(C)ccc3c2oc2c(-c4ccc(-c5ccccc5)cc4)c(F)ccc23)c1. The van der Waals surface area contributed by atoms with E-state index in [9.17, 15) is 0 Å². The first kappa shape index (κ1) is 21.3. The zero-order valence-electron chi connectivity index (χ0n) is 20.0. The molecule has 0 aliphatic carbocycles. The summed E-state index contributed by atoms with van der Waals surface area (Å²) in [5, 5.41) is 1.91. The Morgan fingerprint density at radius 3 is 2.03 bits per heavy atom. The Balaban J connectivity index is 1.59. The van der Waals surface area contributed by atoms with E-state index in [1.54, 1.807) is 6.07 Å². The van der Waals surface area contributed by atoms with Crippen LogP contribution in [0.2, 0.25) is 0 Å². The topological polar surface area (TPSA) is 17.0 Å². The summed E-state index contributed by atoms with van der Waals surface area (Å²) >= 11 is 0. The molecule has 3 heteroatoms. The fourth-order valence-electron chi connectivity index (χ4n) is 4.95. The average molecular weight is 459 g/mol. The first-order valence-corrected chi connectivity index (χ1v) is 11.8. The largest absolute Gasteiger partial charge is 0.454 e. The van der Waals surface area contributed by atoms with Crippen molar-refractivity contribution in [3.63, 3.8) is 0 Å². The fraction of sp³-hybridized carbons (Fsp3) is 0.0938. The van der Waals surface area contributed by atoms with Gasteiger partial charge in [-0.2, -0.15) is 0 Å². The van der Waals surface area contributed by atoms with Crippen LogP contribution in [0.25, 0.3) is 55.4 Å². The van der Waals surface area contributed by atoms with Gasteiger partial charge in [0.2, 0.25) is 5.69 Å². The monoisotopic (exact) mass is 458 g/mol. The van der Waals surface area contributed by atoms with Crippen molar-refractivity contribution in [3.8, 4) is 33.5 Å². The summed E-state index contributed by atoms with van der Waals surface area (Å²) in [5.74, 6) is -0.289. The maximum atomic E-state index is 15.3. The highest BCUT2D eigenvalue weighted by Gasteiger charge is 2.23. The maximum absolute atomic E-state index is 15.3. The molecule has 0 saturated carbocycles. The minimum Gasteiger partial charge on any atom is -0.454 e. The van der Waals surface area contributed by atoms with Gasteiger partial charge < -0.3 is 4.42 Å². The van der Waals surface area contributed by atoms with E-state index in [0.717, 1.165) is 49.9 Å². The highest BCUT2D eigenvalue weighted by molar-refractivity contribution is 6.13. The smallest absolute Gasteiger partial charge is 0.216 e. The number of nitrogens with zero attached hydrogens (tertiary/aromatic N) is 1. The van der Waals surface area contributed by atoms with E-state index in [1.165, 1.54) is 5.56 Å². The lowest BCUT2D eigenvalue weighted by Gasteiger charge is -2.07.